The zero-order valence-electron chi connectivity index (χ0n) is 11.3. The van der Waals surface area contributed by atoms with Crippen molar-refractivity contribution in [3.63, 3.8) is 0 Å². The number of methoxy groups -OCH3 is 1. The lowest BCUT2D eigenvalue weighted by molar-refractivity contribution is -0.125. The highest BCUT2D eigenvalue weighted by Crippen LogP contribution is 2.17. The Morgan fingerprint density at radius 2 is 2.11 bits per heavy atom. The lowest BCUT2D eigenvalue weighted by atomic mass is 10.0. The van der Waals surface area contributed by atoms with Crippen LogP contribution in [-0.4, -0.2) is 19.1 Å². The fourth-order valence-corrected chi connectivity index (χ4v) is 1.41. The smallest absolute Gasteiger partial charge is 0.224 e. The molecule has 0 heterocycles. The number of carbonyl (C=O) groups is 1. The molecule has 4 nitrogen and oxygen atoms in total. The third kappa shape index (κ3) is 5.04. The average molecular weight is 291 g/mol. The number of hydrogen-bond donors (Lipinski definition) is 2. The summed E-state index contributed by atoms with van der Waals surface area (Å²) in [6.07, 6.45) is 0. The van der Waals surface area contributed by atoms with Crippen molar-refractivity contribution in [2.45, 2.75) is 26.4 Å². The summed E-state index contributed by atoms with van der Waals surface area (Å²) in [7, 11) is 1.41. The van der Waals surface area contributed by atoms with Crippen LogP contribution in [0, 0.1) is 11.7 Å². The molecule has 6 heteroatoms. The van der Waals surface area contributed by atoms with Crippen LogP contribution in [-0.2, 0) is 11.3 Å². The lowest BCUT2D eigenvalue weighted by Crippen LogP contribution is -2.38. The second-order valence-electron chi connectivity index (χ2n) is 4.33. The molecule has 1 aromatic rings. The summed E-state index contributed by atoms with van der Waals surface area (Å²) in [5.74, 6) is -0.659. The average Bonchev–Trinajstić information content (AvgIpc) is 2.35. The van der Waals surface area contributed by atoms with Gasteiger partial charge in [0.1, 0.15) is 0 Å². The van der Waals surface area contributed by atoms with E-state index in [1.807, 2.05) is 0 Å². The first kappa shape index (κ1) is 17.7. The van der Waals surface area contributed by atoms with Crippen molar-refractivity contribution in [1.29, 1.82) is 0 Å². The molecular weight excluding hydrogens is 271 g/mol. The molecule has 0 saturated heterocycles. The van der Waals surface area contributed by atoms with Crippen molar-refractivity contribution in [1.82, 2.24) is 5.32 Å². The largest absolute Gasteiger partial charge is 0.494 e. The Bertz CT molecular complexity index is 427. The second kappa shape index (κ2) is 7.96. The molecule has 0 fully saturated rings. The monoisotopic (exact) mass is 290 g/mol. The second-order valence-corrected chi connectivity index (χ2v) is 4.33. The molecule has 2 atom stereocenters. The summed E-state index contributed by atoms with van der Waals surface area (Å²) in [6.45, 7) is 3.81. The zero-order valence-corrected chi connectivity index (χ0v) is 12.1. The number of hydrogen-bond acceptors (Lipinski definition) is 3. The Morgan fingerprint density at radius 1 is 1.47 bits per heavy atom. The van der Waals surface area contributed by atoms with E-state index in [2.05, 4.69) is 5.32 Å². The minimum absolute atomic E-state index is 0. The Hall–Kier alpha value is -1.33. The summed E-state index contributed by atoms with van der Waals surface area (Å²) in [4.78, 5) is 11.7. The van der Waals surface area contributed by atoms with Gasteiger partial charge in [0.15, 0.2) is 11.6 Å². The molecule has 0 radical (unpaired) electrons. The van der Waals surface area contributed by atoms with Crippen LogP contribution in [0.4, 0.5) is 4.39 Å². The number of nitrogens with two attached hydrogens (primary N) is 1. The van der Waals surface area contributed by atoms with E-state index in [0.29, 0.717) is 5.56 Å². The third-order valence-electron chi connectivity index (χ3n) is 2.89. The summed E-state index contributed by atoms with van der Waals surface area (Å²) in [5, 5.41) is 2.72. The van der Waals surface area contributed by atoms with Crippen LogP contribution in [0.25, 0.3) is 0 Å². The van der Waals surface area contributed by atoms with E-state index < -0.39 is 5.82 Å². The van der Waals surface area contributed by atoms with Gasteiger partial charge in [0.25, 0.3) is 0 Å². The van der Waals surface area contributed by atoms with E-state index in [0.717, 1.165) is 0 Å². The van der Waals surface area contributed by atoms with Crippen LogP contribution >= 0.6 is 12.4 Å². The van der Waals surface area contributed by atoms with Crippen LogP contribution in [0.3, 0.4) is 0 Å². The predicted octanol–water partition coefficient (Wildman–Crippen LogP) is 1.86. The number of amides is 1. The maximum Gasteiger partial charge on any atom is 0.224 e. The van der Waals surface area contributed by atoms with Gasteiger partial charge < -0.3 is 15.8 Å². The molecule has 1 rings (SSSR count). The van der Waals surface area contributed by atoms with Crippen molar-refractivity contribution in [2.75, 3.05) is 7.11 Å². The number of benzene rings is 1. The van der Waals surface area contributed by atoms with Crippen LogP contribution in [0.5, 0.6) is 5.75 Å². The lowest BCUT2D eigenvalue weighted by Gasteiger charge is -2.15. The van der Waals surface area contributed by atoms with E-state index in [-0.39, 0.29) is 42.6 Å². The number of carbonyl (C=O) groups excluding carboxylic acids is 1. The molecule has 0 spiro atoms. The Kier molecular flexibility index (Phi) is 7.41. The quantitative estimate of drug-likeness (QED) is 0.870. The molecule has 0 aliphatic rings. The van der Waals surface area contributed by atoms with Gasteiger partial charge in [-0.05, 0) is 24.6 Å². The highest BCUT2D eigenvalue weighted by Gasteiger charge is 2.16. The topological polar surface area (TPSA) is 64.3 Å². The van der Waals surface area contributed by atoms with Crippen LogP contribution in [0.1, 0.15) is 19.4 Å². The predicted molar refractivity (Wildman–Crippen MR) is 74.9 cm³/mol. The molecule has 108 valence electrons. The SMILES string of the molecule is COc1ccc(CNC(=O)C(C)C(C)N)cc1F.Cl. The van der Waals surface area contributed by atoms with E-state index >= 15 is 0 Å². The minimum atomic E-state index is -0.440. The molecule has 19 heavy (non-hydrogen) atoms. The van der Waals surface area contributed by atoms with Gasteiger partial charge >= 0.3 is 0 Å². The van der Waals surface area contributed by atoms with Crippen LogP contribution in [0.15, 0.2) is 18.2 Å². The number of ether oxygens (including phenoxy) is 1. The molecule has 0 aromatic heterocycles. The maximum atomic E-state index is 13.4. The Labute approximate surface area is 118 Å². The first-order valence-electron chi connectivity index (χ1n) is 5.81. The van der Waals surface area contributed by atoms with Crippen molar-refractivity contribution in [2.24, 2.45) is 11.7 Å². The van der Waals surface area contributed by atoms with E-state index in [4.69, 9.17) is 10.5 Å². The summed E-state index contributed by atoms with van der Waals surface area (Å²) >= 11 is 0. The van der Waals surface area contributed by atoms with Crippen LogP contribution in [0.2, 0.25) is 0 Å². The van der Waals surface area contributed by atoms with Gasteiger partial charge in [0.05, 0.1) is 7.11 Å². The highest BCUT2D eigenvalue weighted by atomic mass is 35.5. The van der Waals surface area contributed by atoms with Crippen LogP contribution < -0.4 is 15.8 Å². The fraction of sp³-hybridized carbons (Fsp3) is 0.462. The molecule has 0 aliphatic heterocycles. The number of rotatable bonds is 5. The fourth-order valence-electron chi connectivity index (χ4n) is 1.41. The molecule has 1 aromatic carbocycles. The summed E-state index contributed by atoms with van der Waals surface area (Å²) < 4.78 is 18.2. The third-order valence-corrected chi connectivity index (χ3v) is 2.89. The summed E-state index contributed by atoms with van der Waals surface area (Å²) in [6, 6.07) is 4.37. The Morgan fingerprint density at radius 3 is 2.58 bits per heavy atom. The van der Waals surface area contributed by atoms with Gasteiger partial charge in [0.2, 0.25) is 5.91 Å². The van der Waals surface area contributed by atoms with Crippen molar-refractivity contribution in [3.8, 4) is 5.75 Å². The van der Waals surface area contributed by atoms with Crippen molar-refractivity contribution < 1.29 is 13.9 Å². The van der Waals surface area contributed by atoms with Crippen molar-refractivity contribution in [3.05, 3.63) is 29.6 Å². The molecule has 3 N–H and O–H groups in total. The van der Waals surface area contributed by atoms with Gasteiger partial charge in [-0.1, -0.05) is 13.0 Å². The van der Waals surface area contributed by atoms with E-state index in [9.17, 15) is 9.18 Å². The van der Waals surface area contributed by atoms with Gasteiger partial charge in [-0.3, -0.25) is 4.79 Å². The summed E-state index contributed by atoms with van der Waals surface area (Å²) in [5.41, 5.74) is 6.31. The number of nitrogens with one attached hydrogen (secondary N) is 1. The van der Waals surface area contributed by atoms with Gasteiger partial charge in [-0.15, -0.1) is 12.4 Å². The Balaban J connectivity index is 0.00000324. The molecule has 1 amide bonds. The first-order chi connectivity index (χ1) is 8.45. The first-order valence-corrected chi connectivity index (χ1v) is 5.81. The van der Waals surface area contributed by atoms with Gasteiger partial charge in [-0.2, -0.15) is 0 Å². The standard InChI is InChI=1S/C13H19FN2O2.ClH/c1-8(9(2)15)13(17)16-7-10-4-5-12(18-3)11(14)6-10;/h4-6,8-9H,7,15H2,1-3H3,(H,16,17);1H. The van der Waals surface area contributed by atoms with Gasteiger partial charge in [0, 0.05) is 18.5 Å². The van der Waals surface area contributed by atoms with Gasteiger partial charge in [-0.25, -0.2) is 4.39 Å². The van der Waals surface area contributed by atoms with E-state index in [1.165, 1.54) is 19.2 Å². The molecule has 0 saturated carbocycles. The minimum Gasteiger partial charge on any atom is -0.494 e. The zero-order chi connectivity index (χ0) is 13.7. The molecule has 0 bridgehead atoms. The maximum absolute atomic E-state index is 13.4. The normalized spacial score (nSPS) is 13.1. The van der Waals surface area contributed by atoms with E-state index in [1.54, 1.807) is 19.9 Å². The molecule has 2 unspecified atom stereocenters. The molecular formula is C13H20ClFN2O2. The highest BCUT2D eigenvalue weighted by molar-refractivity contribution is 5.85. The number of halogens is 2. The van der Waals surface area contributed by atoms with Crippen molar-refractivity contribution >= 4 is 18.3 Å². The molecule has 0 aliphatic carbocycles.